The van der Waals surface area contributed by atoms with Gasteiger partial charge >= 0.3 is 5.97 Å². The number of benzene rings is 2. The first-order valence-electron chi connectivity index (χ1n) is 6.45. The fraction of sp³-hybridized carbons (Fsp3) is 0.188. The van der Waals surface area contributed by atoms with Gasteiger partial charge in [0.1, 0.15) is 23.7 Å². The van der Waals surface area contributed by atoms with E-state index >= 15 is 0 Å². The molecular formula is C16H16O6. The first-order valence-corrected chi connectivity index (χ1v) is 6.45. The number of ether oxygens (including phenoxy) is 3. The topological polar surface area (TPSA) is 85.2 Å². The number of phenols is 1. The molecule has 22 heavy (non-hydrogen) atoms. The molecule has 0 aliphatic rings. The lowest BCUT2D eigenvalue weighted by Gasteiger charge is -2.13. The van der Waals surface area contributed by atoms with Crippen LogP contribution in [0.5, 0.6) is 23.0 Å². The van der Waals surface area contributed by atoms with Crippen LogP contribution in [0, 0.1) is 0 Å². The highest BCUT2D eigenvalue weighted by Gasteiger charge is 2.14. The molecule has 6 heteroatoms. The maximum absolute atomic E-state index is 11.0. The van der Waals surface area contributed by atoms with Gasteiger partial charge in [0.15, 0.2) is 11.5 Å². The predicted octanol–water partition coefficient (Wildman–Crippen LogP) is 2.69. The Hall–Kier alpha value is -2.89. The summed E-state index contributed by atoms with van der Waals surface area (Å²) in [4.78, 5) is 11.0. The van der Waals surface area contributed by atoms with Crippen molar-refractivity contribution in [1.29, 1.82) is 0 Å². The predicted molar refractivity (Wildman–Crippen MR) is 78.9 cm³/mol. The molecule has 2 rings (SSSR count). The minimum absolute atomic E-state index is 0.0878. The summed E-state index contributed by atoms with van der Waals surface area (Å²) in [6.07, 6.45) is 0. The standard InChI is InChI=1S/C16H16O6/c1-20-11-6-7-13(21-2)10(8-11)9-22-14-5-3-4-12(15(14)17)16(18)19/h3-8,17H,9H2,1-2H3,(H,18,19). The maximum atomic E-state index is 11.0. The molecule has 0 radical (unpaired) electrons. The van der Waals surface area contributed by atoms with Gasteiger partial charge in [0.25, 0.3) is 0 Å². The zero-order chi connectivity index (χ0) is 16.1. The molecule has 0 aliphatic heterocycles. The van der Waals surface area contributed by atoms with E-state index in [2.05, 4.69) is 0 Å². The third-order valence-electron chi connectivity index (χ3n) is 3.10. The van der Waals surface area contributed by atoms with E-state index in [9.17, 15) is 9.90 Å². The molecule has 0 spiro atoms. The van der Waals surface area contributed by atoms with Crippen molar-refractivity contribution in [3.05, 3.63) is 47.5 Å². The molecule has 0 saturated heterocycles. The maximum Gasteiger partial charge on any atom is 0.339 e. The van der Waals surface area contributed by atoms with Crippen LogP contribution in [-0.4, -0.2) is 30.4 Å². The first-order chi connectivity index (χ1) is 10.6. The first kappa shape index (κ1) is 15.5. The molecule has 0 saturated carbocycles. The molecule has 0 heterocycles. The monoisotopic (exact) mass is 304 g/mol. The van der Waals surface area contributed by atoms with Gasteiger partial charge in [-0.1, -0.05) is 6.07 Å². The van der Waals surface area contributed by atoms with Crippen molar-refractivity contribution in [3.8, 4) is 23.0 Å². The van der Waals surface area contributed by atoms with Crippen molar-refractivity contribution < 1.29 is 29.2 Å². The van der Waals surface area contributed by atoms with Gasteiger partial charge in [-0.25, -0.2) is 4.79 Å². The van der Waals surface area contributed by atoms with Gasteiger partial charge in [0.2, 0.25) is 0 Å². The molecule has 2 aromatic carbocycles. The quantitative estimate of drug-likeness (QED) is 0.853. The zero-order valence-corrected chi connectivity index (χ0v) is 12.2. The SMILES string of the molecule is COc1ccc(OC)c(COc2cccc(C(=O)O)c2O)c1. The number of aromatic hydroxyl groups is 1. The largest absolute Gasteiger partial charge is 0.504 e. The highest BCUT2D eigenvalue weighted by molar-refractivity contribution is 5.91. The van der Waals surface area contributed by atoms with Gasteiger partial charge in [0.05, 0.1) is 14.2 Å². The Morgan fingerprint density at radius 2 is 1.86 bits per heavy atom. The summed E-state index contributed by atoms with van der Waals surface area (Å²) in [5.74, 6) is -0.291. The molecule has 2 aromatic rings. The average molecular weight is 304 g/mol. The van der Waals surface area contributed by atoms with Crippen molar-refractivity contribution >= 4 is 5.97 Å². The summed E-state index contributed by atoms with van der Waals surface area (Å²) >= 11 is 0. The zero-order valence-electron chi connectivity index (χ0n) is 12.2. The summed E-state index contributed by atoms with van der Waals surface area (Å²) in [5.41, 5.74) is 0.497. The smallest absolute Gasteiger partial charge is 0.339 e. The lowest BCUT2D eigenvalue weighted by molar-refractivity contribution is 0.0692. The molecular weight excluding hydrogens is 288 g/mol. The number of aromatic carboxylic acids is 1. The van der Waals surface area contributed by atoms with Gasteiger partial charge in [-0.05, 0) is 30.3 Å². The number of carboxylic acids is 1. The van der Waals surface area contributed by atoms with Crippen LogP contribution in [0.25, 0.3) is 0 Å². The number of para-hydroxylation sites is 1. The fourth-order valence-electron chi connectivity index (χ4n) is 1.96. The molecule has 2 N–H and O–H groups in total. The number of hydrogen-bond donors (Lipinski definition) is 2. The van der Waals surface area contributed by atoms with E-state index in [1.165, 1.54) is 25.3 Å². The number of rotatable bonds is 6. The molecule has 0 fully saturated rings. The van der Waals surface area contributed by atoms with E-state index in [1.807, 2.05) is 0 Å². The van der Waals surface area contributed by atoms with E-state index in [0.29, 0.717) is 17.1 Å². The fourth-order valence-corrected chi connectivity index (χ4v) is 1.96. The summed E-state index contributed by atoms with van der Waals surface area (Å²) in [6, 6.07) is 9.54. The van der Waals surface area contributed by atoms with Crippen molar-refractivity contribution in [2.45, 2.75) is 6.61 Å². The second-order valence-electron chi connectivity index (χ2n) is 4.42. The van der Waals surface area contributed by atoms with Gasteiger partial charge in [-0.3, -0.25) is 0 Å². The van der Waals surface area contributed by atoms with E-state index in [4.69, 9.17) is 19.3 Å². The van der Waals surface area contributed by atoms with Crippen molar-refractivity contribution in [1.82, 2.24) is 0 Å². The molecule has 0 amide bonds. The van der Waals surface area contributed by atoms with Crippen LogP contribution in [0.2, 0.25) is 0 Å². The minimum Gasteiger partial charge on any atom is -0.504 e. The van der Waals surface area contributed by atoms with Crippen LogP contribution < -0.4 is 14.2 Å². The Labute approximate surface area is 127 Å². The molecule has 0 aliphatic carbocycles. The second-order valence-corrected chi connectivity index (χ2v) is 4.42. The summed E-state index contributed by atoms with van der Waals surface area (Å²) < 4.78 is 15.9. The third-order valence-corrected chi connectivity index (χ3v) is 3.10. The van der Waals surface area contributed by atoms with Crippen LogP contribution in [0.4, 0.5) is 0 Å². The molecule has 6 nitrogen and oxygen atoms in total. The van der Waals surface area contributed by atoms with Gasteiger partial charge < -0.3 is 24.4 Å². The van der Waals surface area contributed by atoms with Crippen LogP contribution in [0.15, 0.2) is 36.4 Å². The van der Waals surface area contributed by atoms with Crippen molar-refractivity contribution in [2.75, 3.05) is 14.2 Å². The normalized spacial score (nSPS) is 10.1. The Kier molecular flexibility index (Phi) is 4.73. The minimum atomic E-state index is -1.22. The molecule has 0 bridgehead atoms. The lowest BCUT2D eigenvalue weighted by Crippen LogP contribution is -2.02. The second kappa shape index (κ2) is 6.71. The number of methoxy groups -OCH3 is 2. The molecule has 0 aromatic heterocycles. The Morgan fingerprint density at radius 3 is 2.50 bits per heavy atom. The third kappa shape index (κ3) is 3.22. The van der Waals surface area contributed by atoms with Crippen LogP contribution in [0.1, 0.15) is 15.9 Å². The summed E-state index contributed by atoms with van der Waals surface area (Å²) in [7, 11) is 3.09. The summed E-state index contributed by atoms with van der Waals surface area (Å²) in [5, 5.41) is 18.9. The van der Waals surface area contributed by atoms with E-state index < -0.39 is 11.7 Å². The van der Waals surface area contributed by atoms with Gasteiger partial charge in [0, 0.05) is 5.56 Å². The van der Waals surface area contributed by atoms with Crippen LogP contribution in [-0.2, 0) is 6.61 Å². The summed E-state index contributed by atoms with van der Waals surface area (Å²) in [6.45, 7) is 0.0943. The highest BCUT2D eigenvalue weighted by atomic mass is 16.5. The van der Waals surface area contributed by atoms with Gasteiger partial charge in [-0.15, -0.1) is 0 Å². The van der Waals surface area contributed by atoms with E-state index in [-0.39, 0.29) is 17.9 Å². The number of carbonyl (C=O) groups is 1. The van der Waals surface area contributed by atoms with Crippen molar-refractivity contribution in [2.24, 2.45) is 0 Å². The number of hydrogen-bond acceptors (Lipinski definition) is 5. The van der Waals surface area contributed by atoms with E-state index in [1.54, 1.807) is 25.3 Å². The van der Waals surface area contributed by atoms with Crippen LogP contribution in [0.3, 0.4) is 0 Å². The average Bonchev–Trinajstić information content (AvgIpc) is 2.53. The Bertz CT molecular complexity index is 680. The molecule has 116 valence electrons. The van der Waals surface area contributed by atoms with E-state index in [0.717, 1.165) is 0 Å². The van der Waals surface area contributed by atoms with Crippen molar-refractivity contribution in [3.63, 3.8) is 0 Å². The Morgan fingerprint density at radius 1 is 1.09 bits per heavy atom. The lowest BCUT2D eigenvalue weighted by atomic mass is 10.2. The molecule has 0 atom stereocenters. The van der Waals surface area contributed by atoms with Gasteiger partial charge in [-0.2, -0.15) is 0 Å². The molecule has 0 unspecified atom stereocenters. The van der Waals surface area contributed by atoms with Crippen LogP contribution >= 0.6 is 0 Å². The Balaban J connectivity index is 2.23. The number of carboxylic acid groups (broad SMARTS) is 1. The highest BCUT2D eigenvalue weighted by Crippen LogP contribution is 2.32.